The average molecular weight is 365 g/mol. The fourth-order valence-corrected chi connectivity index (χ4v) is 4.30. The van der Waals surface area contributed by atoms with Gasteiger partial charge in [-0.2, -0.15) is 4.31 Å². The molecule has 0 atom stereocenters. The predicted octanol–water partition coefficient (Wildman–Crippen LogP) is 2.99. The van der Waals surface area contributed by atoms with Crippen molar-refractivity contribution in [3.8, 4) is 0 Å². The first-order chi connectivity index (χ1) is 10.5. The Labute approximate surface area is 145 Å². The van der Waals surface area contributed by atoms with E-state index >= 15 is 0 Å². The summed E-state index contributed by atoms with van der Waals surface area (Å²) in [6.07, 6.45) is 2.30. The van der Waals surface area contributed by atoms with E-state index in [-0.39, 0.29) is 17.3 Å². The molecule has 0 bridgehead atoms. The highest BCUT2D eigenvalue weighted by atomic mass is 35.5. The van der Waals surface area contributed by atoms with Gasteiger partial charge in [0.2, 0.25) is 10.0 Å². The van der Waals surface area contributed by atoms with E-state index in [1.165, 1.54) is 22.5 Å². The molecule has 23 heavy (non-hydrogen) atoms. The van der Waals surface area contributed by atoms with Crippen LogP contribution in [0, 0.1) is 11.7 Å². The molecule has 1 saturated heterocycles. The van der Waals surface area contributed by atoms with Gasteiger partial charge in [-0.1, -0.05) is 32.8 Å². The van der Waals surface area contributed by atoms with Crippen LogP contribution >= 0.6 is 12.4 Å². The summed E-state index contributed by atoms with van der Waals surface area (Å²) in [5.41, 5.74) is 0. The largest absolute Gasteiger partial charge is 0.300 e. The maximum atomic E-state index is 13.3. The number of benzene rings is 1. The molecule has 1 aromatic carbocycles. The van der Waals surface area contributed by atoms with Gasteiger partial charge in [0.05, 0.1) is 4.90 Å². The first-order valence-electron chi connectivity index (χ1n) is 7.95. The smallest absolute Gasteiger partial charge is 0.243 e. The summed E-state index contributed by atoms with van der Waals surface area (Å²) in [7, 11) is -3.58. The van der Waals surface area contributed by atoms with Crippen LogP contribution < -0.4 is 0 Å². The predicted molar refractivity (Wildman–Crippen MR) is 92.9 cm³/mol. The second-order valence-corrected chi connectivity index (χ2v) is 7.78. The highest BCUT2D eigenvalue weighted by Gasteiger charge is 2.29. The molecule has 1 fully saturated rings. The van der Waals surface area contributed by atoms with Crippen LogP contribution in [0.3, 0.4) is 0 Å². The zero-order valence-corrected chi connectivity index (χ0v) is 15.4. The second-order valence-electron chi connectivity index (χ2n) is 5.84. The third kappa shape index (κ3) is 5.14. The van der Waals surface area contributed by atoms with Crippen LogP contribution in [0.5, 0.6) is 0 Å². The van der Waals surface area contributed by atoms with Crippen LogP contribution in [0.25, 0.3) is 0 Å². The molecule has 2 rings (SSSR count). The molecule has 0 amide bonds. The SMILES string of the molecule is CCC(CC)CN1CCN(S(=O)(=O)c2cccc(F)c2)CC1.Cl. The molecule has 0 saturated carbocycles. The number of rotatable bonds is 6. The van der Waals surface area contributed by atoms with E-state index in [1.54, 1.807) is 0 Å². The standard InChI is InChI=1S/C16H25FN2O2S.ClH/c1-3-14(4-2)13-18-8-10-19(11-9-18)22(20,21)16-7-5-6-15(17)12-16;/h5-7,12,14H,3-4,8-11,13H2,1-2H3;1H. The van der Waals surface area contributed by atoms with Gasteiger partial charge in [-0.25, -0.2) is 12.8 Å². The van der Waals surface area contributed by atoms with E-state index in [9.17, 15) is 12.8 Å². The average Bonchev–Trinajstić information content (AvgIpc) is 2.53. The van der Waals surface area contributed by atoms with E-state index in [4.69, 9.17) is 0 Å². The van der Waals surface area contributed by atoms with Crippen LogP contribution in [-0.2, 0) is 10.0 Å². The van der Waals surface area contributed by atoms with Crippen molar-refractivity contribution in [3.05, 3.63) is 30.1 Å². The lowest BCUT2D eigenvalue weighted by Crippen LogP contribution is -2.49. The minimum atomic E-state index is -3.58. The van der Waals surface area contributed by atoms with E-state index < -0.39 is 15.8 Å². The maximum absolute atomic E-state index is 13.3. The van der Waals surface area contributed by atoms with E-state index in [0.717, 1.165) is 38.5 Å². The Hall–Kier alpha value is -0.690. The highest BCUT2D eigenvalue weighted by molar-refractivity contribution is 7.89. The Kier molecular flexibility index (Phi) is 7.94. The zero-order valence-electron chi connectivity index (χ0n) is 13.7. The molecule has 4 nitrogen and oxygen atoms in total. The highest BCUT2D eigenvalue weighted by Crippen LogP contribution is 2.19. The lowest BCUT2D eigenvalue weighted by atomic mass is 10.0. The minimum absolute atomic E-state index is 0. The van der Waals surface area contributed by atoms with E-state index in [2.05, 4.69) is 18.7 Å². The molecule has 0 spiro atoms. The van der Waals surface area contributed by atoms with Gasteiger partial charge in [-0.15, -0.1) is 12.4 Å². The van der Waals surface area contributed by atoms with Crippen molar-refractivity contribution in [1.29, 1.82) is 0 Å². The van der Waals surface area contributed by atoms with Crippen molar-refractivity contribution in [3.63, 3.8) is 0 Å². The van der Waals surface area contributed by atoms with Crippen molar-refractivity contribution in [2.75, 3.05) is 32.7 Å². The van der Waals surface area contributed by atoms with Crippen LogP contribution in [0.1, 0.15) is 26.7 Å². The molecule has 0 aromatic heterocycles. The molecule has 7 heteroatoms. The van der Waals surface area contributed by atoms with E-state index in [0.29, 0.717) is 19.0 Å². The van der Waals surface area contributed by atoms with Gasteiger partial charge < -0.3 is 4.90 Å². The summed E-state index contributed by atoms with van der Waals surface area (Å²) >= 11 is 0. The minimum Gasteiger partial charge on any atom is -0.300 e. The number of hydrogen-bond acceptors (Lipinski definition) is 3. The number of hydrogen-bond donors (Lipinski definition) is 0. The number of piperazine rings is 1. The Bertz CT molecular complexity index is 585. The van der Waals surface area contributed by atoms with Gasteiger partial charge >= 0.3 is 0 Å². The van der Waals surface area contributed by atoms with Crippen LogP contribution in [-0.4, -0.2) is 50.3 Å². The molecule has 0 N–H and O–H groups in total. The molecular formula is C16H26ClFN2O2S. The summed E-state index contributed by atoms with van der Waals surface area (Å²) in [6.45, 7) is 7.84. The van der Waals surface area contributed by atoms with Gasteiger partial charge in [0.1, 0.15) is 5.82 Å². The van der Waals surface area contributed by atoms with Gasteiger partial charge in [-0.3, -0.25) is 0 Å². The molecule has 132 valence electrons. The monoisotopic (exact) mass is 364 g/mol. The second kappa shape index (κ2) is 8.97. The molecule has 1 aromatic rings. The van der Waals surface area contributed by atoms with Gasteiger partial charge in [0.15, 0.2) is 0 Å². The lowest BCUT2D eigenvalue weighted by molar-refractivity contribution is 0.161. The fourth-order valence-electron chi connectivity index (χ4n) is 2.84. The van der Waals surface area contributed by atoms with Crippen molar-refractivity contribution in [1.82, 2.24) is 9.21 Å². The summed E-state index contributed by atoms with van der Waals surface area (Å²) in [5.74, 6) is 0.153. The first kappa shape index (κ1) is 20.4. The summed E-state index contributed by atoms with van der Waals surface area (Å²) in [6, 6.07) is 5.24. The summed E-state index contributed by atoms with van der Waals surface area (Å²) in [4.78, 5) is 2.37. The number of nitrogens with zero attached hydrogens (tertiary/aromatic N) is 2. The van der Waals surface area contributed by atoms with Crippen molar-refractivity contribution in [2.45, 2.75) is 31.6 Å². The van der Waals surface area contributed by atoms with Gasteiger partial charge in [-0.05, 0) is 24.1 Å². The quantitative estimate of drug-likeness (QED) is 0.779. The van der Waals surface area contributed by atoms with Crippen LogP contribution in [0.15, 0.2) is 29.2 Å². The Morgan fingerprint density at radius 2 is 1.74 bits per heavy atom. The normalized spacial score (nSPS) is 17.2. The van der Waals surface area contributed by atoms with Crippen molar-refractivity contribution in [2.24, 2.45) is 5.92 Å². The first-order valence-corrected chi connectivity index (χ1v) is 9.39. The third-order valence-corrected chi connectivity index (χ3v) is 6.33. The molecule has 0 aliphatic carbocycles. The molecule has 0 radical (unpaired) electrons. The third-order valence-electron chi connectivity index (χ3n) is 4.44. The summed E-state index contributed by atoms with van der Waals surface area (Å²) < 4.78 is 39.8. The van der Waals surface area contributed by atoms with Crippen molar-refractivity contribution >= 4 is 22.4 Å². The molecule has 0 unspecified atom stereocenters. The molecule has 1 heterocycles. The lowest BCUT2D eigenvalue weighted by Gasteiger charge is -2.35. The Morgan fingerprint density at radius 3 is 2.26 bits per heavy atom. The van der Waals surface area contributed by atoms with Gasteiger partial charge in [0, 0.05) is 32.7 Å². The molecular weight excluding hydrogens is 339 g/mol. The fraction of sp³-hybridized carbons (Fsp3) is 0.625. The number of halogens is 2. The Balaban J connectivity index is 0.00000264. The molecule has 1 aliphatic rings. The zero-order chi connectivity index (χ0) is 16.2. The summed E-state index contributed by atoms with van der Waals surface area (Å²) in [5, 5.41) is 0. The number of sulfonamides is 1. The van der Waals surface area contributed by atoms with Crippen molar-refractivity contribution < 1.29 is 12.8 Å². The van der Waals surface area contributed by atoms with Crippen LogP contribution in [0.2, 0.25) is 0 Å². The Morgan fingerprint density at radius 1 is 1.13 bits per heavy atom. The van der Waals surface area contributed by atoms with E-state index in [1.807, 2.05) is 0 Å². The van der Waals surface area contributed by atoms with Gasteiger partial charge in [0.25, 0.3) is 0 Å². The van der Waals surface area contributed by atoms with Crippen LogP contribution in [0.4, 0.5) is 4.39 Å². The molecule has 1 aliphatic heterocycles. The topological polar surface area (TPSA) is 40.6 Å². The maximum Gasteiger partial charge on any atom is 0.243 e.